The van der Waals surface area contributed by atoms with E-state index in [4.69, 9.17) is 24.5 Å². The van der Waals surface area contributed by atoms with Gasteiger partial charge in [0.05, 0.1) is 22.9 Å². The molecule has 2 aromatic carbocycles. The number of ether oxygens (including phenoxy) is 2. The van der Waals surface area contributed by atoms with Crippen molar-refractivity contribution in [2.45, 2.75) is 71.8 Å². The molecule has 0 bridgehead atoms. The zero-order valence-corrected chi connectivity index (χ0v) is 29.1. The Morgan fingerprint density at radius 1 is 0.795 bits per heavy atom. The number of hydrogen-bond donors (Lipinski definition) is 1. The maximum atomic E-state index is 6.24. The highest BCUT2D eigenvalue weighted by atomic mass is 28.3. The van der Waals surface area contributed by atoms with E-state index in [1.807, 2.05) is 53.3 Å². The Kier molecular flexibility index (Phi) is 9.79. The molecule has 0 aliphatic carbocycles. The summed E-state index contributed by atoms with van der Waals surface area (Å²) in [4.78, 5) is 14.5. The number of aryl methyl sites for hydroxylation is 1. The average molecular weight is 628 g/mol. The van der Waals surface area contributed by atoms with Crippen LogP contribution in [0.25, 0.3) is 33.9 Å². The lowest BCUT2D eigenvalue weighted by Crippen LogP contribution is -2.22. The third-order valence-electron chi connectivity index (χ3n) is 7.37. The fourth-order valence-corrected chi connectivity index (χ4v) is 6.23. The van der Waals surface area contributed by atoms with E-state index < -0.39 is 16.1 Å². The Bertz CT molecular complexity index is 1700. The molecule has 0 spiro atoms. The van der Waals surface area contributed by atoms with Crippen LogP contribution in [0.3, 0.4) is 0 Å². The summed E-state index contributed by atoms with van der Waals surface area (Å²) in [6, 6.07) is 20.4. The van der Waals surface area contributed by atoms with Crippen LogP contribution in [0.5, 0.6) is 0 Å². The molecule has 0 aliphatic rings. The van der Waals surface area contributed by atoms with Crippen molar-refractivity contribution in [2.24, 2.45) is 0 Å². The number of benzene rings is 2. The highest BCUT2D eigenvalue weighted by Crippen LogP contribution is 2.32. The average Bonchev–Trinajstić information content (AvgIpc) is 3.53. The first-order valence-electron chi connectivity index (χ1n) is 15.3. The van der Waals surface area contributed by atoms with E-state index in [9.17, 15) is 0 Å². The number of aromatic nitrogens is 6. The van der Waals surface area contributed by atoms with Gasteiger partial charge in [-0.3, -0.25) is 4.57 Å². The summed E-state index contributed by atoms with van der Waals surface area (Å²) in [5.41, 5.74) is 5.52. The van der Waals surface area contributed by atoms with E-state index in [0.29, 0.717) is 37.4 Å². The third-order valence-corrected chi connectivity index (χ3v) is 10.8. The Morgan fingerprint density at radius 3 is 2.20 bits per heavy atom. The minimum atomic E-state index is -1.22. The molecule has 9 nitrogen and oxygen atoms in total. The number of imidazole rings is 1. The van der Waals surface area contributed by atoms with Crippen molar-refractivity contribution >= 4 is 38.7 Å². The predicted molar refractivity (Wildman–Crippen MR) is 185 cm³/mol. The normalized spacial score (nSPS) is 12.2. The molecule has 0 radical (unpaired) electrons. The van der Waals surface area contributed by atoms with Gasteiger partial charge in [0.1, 0.15) is 19.3 Å². The Balaban J connectivity index is 1.49. The number of rotatable bonds is 14. The number of fused-ring (bicyclic) bond motifs is 1. The maximum Gasteiger partial charge on any atom is 0.165 e. The second kappa shape index (κ2) is 13.6. The molecule has 0 saturated carbocycles. The van der Waals surface area contributed by atoms with Crippen molar-refractivity contribution in [3.63, 3.8) is 0 Å². The van der Waals surface area contributed by atoms with E-state index in [-0.39, 0.29) is 0 Å². The van der Waals surface area contributed by atoms with Crippen LogP contribution in [0.1, 0.15) is 5.56 Å². The van der Waals surface area contributed by atoms with Crippen LogP contribution < -0.4 is 5.32 Å². The summed E-state index contributed by atoms with van der Waals surface area (Å²) in [5.74, 6) is 2.07. The van der Waals surface area contributed by atoms with Gasteiger partial charge in [-0.15, -0.1) is 0 Å². The number of para-hydroxylation sites is 2. The first-order valence-corrected chi connectivity index (χ1v) is 22.7. The molecule has 44 heavy (non-hydrogen) atoms. The van der Waals surface area contributed by atoms with Crippen molar-refractivity contribution in [3.8, 4) is 22.9 Å². The lowest BCUT2D eigenvalue weighted by atomic mass is 10.1. The maximum absolute atomic E-state index is 6.24. The van der Waals surface area contributed by atoms with Gasteiger partial charge in [-0.05, 0) is 42.8 Å². The Labute approximate surface area is 262 Å². The topological polar surface area (TPSA) is 91.9 Å². The second-order valence-electron chi connectivity index (χ2n) is 13.7. The van der Waals surface area contributed by atoms with Crippen molar-refractivity contribution < 1.29 is 9.47 Å². The van der Waals surface area contributed by atoms with Crippen molar-refractivity contribution in [1.82, 2.24) is 29.3 Å². The van der Waals surface area contributed by atoms with Gasteiger partial charge in [0.15, 0.2) is 17.3 Å². The molecule has 3 heterocycles. The van der Waals surface area contributed by atoms with E-state index in [1.165, 1.54) is 0 Å². The van der Waals surface area contributed by atoms with E-state index in [0.717, 1.165) is 52.4 Å². The quantitative estimate of drug-likeness (QED) is 0.0984. The monoisotopic (exact) mass is 627 g/mol. The van der Waals surface area contributed by atoms with Crippen molar-refractivity contribution in [2.75, 3.05) is 18.5 Å². The summed E-state index contributed by atoms with van der Waals surface area (Å²) in [7, 11) is -2.42. The fourth-order valence-electron chi connectivity index (χ4n) is 4.72. The molecule has 3 aromatic heterocycles. The van der Waals surface area contributed by atoms with E-state index in [2.05, 4.69) is 73.2 Å². The van der Waals surface area contributed by atoms with Crippen LogP contribution >= 0.6 is 0 Å². The molecule has 11 heteroatoms. The Morgan fingerprint density at radius 2 is 1.48 bits per heavy atom. The van der Waals surface area contributed by atoms with Gasteiger partial charge < -0.3 is 14.8 Å². The second-order valence-corrected chi connectivity index (χ2v) is 24.9. The van der Waals surface area contributed by atoms with Crippen LogP contribution in [0, 0.1) is 6.92 Å². The van der Waals surface area contributed by atoms with Crippen molar-refractivity contribution in [3.05, 3.63) is 72.6 Å². The molecule has 0 atom stereocenters. The van der Waals surface area contributed by atoms with Crippen LogP contribution in [0.2, 0.25) is 51.4 Å². The summed E-state index contributed by atoms with van der Waals surface area (Å²) in [5, 5.41) is 8.52. The molecular weight excluding hydrogens is 583 g/mol. The standard InChI is InChI=1S/C33H45N7O2Si2/c1-25-12-8-9-13-26(25)32-34-17-16-30(37-32)35-28-22-39(23-41-18-20-43(2,3)4)38-31(28)33-36-27-14-10-11-15-29(27)40(33)24-42-19-21-44(5,6)7/h8-17,22H,18-21,23-24H2,1-7H3,(H,34,35,37). The highest BCUT2D eigenvalue weighted by molar-refractivity contribution is 6.76. The smallest absolute Gasteiger partial charge is 0.165 e. The van der Waals surface area contributed by atoms with Crippen molar-refractivity contribution in [1.29, 1.82) is 0 Å². The first-order chi connectivity index (χ1) is 21.0. The molecule has 0 fully saturated rings. The third kappa shape index (κ3) is 8.29. The largest absolute Gasteiger partial charge is 0.361 e. The van der Waals surface area contributed by atoms with Gasteiger partial charge in [0.2, 0.25) is 0 Å². The van der Waals surface area contributed by atoms with Gasteiger partial charge in [0.25, 0.3) is 0 Å². The lowest BCUT2D eigenvalue weighted by molar-refractivity contribution is 0.0786. The van der Waals surface area contributed by atoms with Crippen LogP contribution in [-0.2, 0) is 22.9 Å². The molecule has 0 unspecified atom stereocenters. The molecular formula is C33H45N7O2Si2. The predicted octanol–water partition coefficient (Wildman–Crippen LogP) is 8.03. The van der Waals surface area contributed by atoms with Crippen LogP contribution in [0.4, 0.5) is 11.5 Å². The molecule has 232 valence electrons. The zero-order valence-electron chi connectivity index (χ0n) is 27.1. The van der Waals surface area contributed by atoms with Gasteiger partial charge in [-0.2, -0.15) is 5.10 Å². The molecule has 1 N–H and O–H groups in total. The summed E-state index contributed by atoms with van der Waals surface area (Å²) >= 11 is 0. The number of anilines is 2. The minimum Gasteiger partial charge on any atom is -0.361 e. The SMILES string of the molecule is Cc1ccccc1-c1nccc(Nc2cn(COCC[Si](C)(C)C)nc2-c2nc3ccccc3n2COCC[Si](C)(C)C)n1. The first kappa shape index (κ1) is 31.8. The Hall–Kier alpha value is -3.65. The highest BCUT2D eigenvalue weighted by Gasteiger charge is 2.21. The van der Waals surface area contributed by atoms with Gasteiger partial charge >= 0.3 is 0 Å². The number of nitrogens with one attached hydrogen (secondary N) is 1. The lowest BCUT2D eigenvalue weighted by Gasteiger charge is -2.16. The minimum absolute atomic E-state index is 0.352. The number of hydrogen-bond acceptors (Lipinski definition) is 7. The fraction of sp³-hybridized carbons (Fsp3) is 0.394. The zero-order chi connectivity index (χ0) is 31.3. The summed E-state index contributed by atoms with van der Waals surface area (Å²) in [6.45, 7) is 18.4. The van der Waals surface area contributed by atoms with Crippen LogP contribution in [-0.4, -0.2) is 58.7 Å². The van der Waals surface area contributed by atoms with Gasteiger partial charge in [-0.1, -0.05) is 75.7 Å². The summed E-state index contributed by atoms with van der Waals surface area (Å²) in [6.07, 6.45) is 3.75. The molecule has 5 aromatic rings. The summed E-state index contributed by atoms with van der Waals surface area (Å²) < 4.78 is 16.3. The molecule has 0 amide bonds. The van der Waals surface area contributed by atoms with Crippen LogP contribution in [0.15, 0.2) is 67.0 Å². The van der Waals surface area contributed by atoms with E-state index in [1.54, 1.807) is 6.20 Å². The van der Waals surface area contributed by atoms with Gasteiger partial charge in [0, 0.05) is 41.1 Å². The molecule has 5 rings (SSSR count). The number of nitrogens with zero attached hydrogens (tertiary/aromatic N) is 6. The van der Waals surface area contributed by atoms with E-state index >= 15 is 0 Å². The van der Waals surface area contributed by atoms with Gasteiger partial charge in [-0.25, -0.2) is 19.6 Å². The molecule has 0 aliphatic heterocycles. The molecule has 0 saturated heterocycles.